The molecule has 2 rings (SSSR count). The van der Waals surface area contributed by atoms with E-state index in [0.717, 1.165) is 38.5 Å². The van der Waals surface area contributed by atoms with Crippen molar-refractivity contribution in [3.8, 4) is 0 Å². The van der Waals surface area contributed by atoms with Crippen molar-refractivity contribution in [2.24, 2.45) is 5.73 Å². The second-order valence-electron chi connectivity index (χ2n) is 4.10. The predicted molar refractivity (Wildman–Crippen MR) is 63.3 cm³/mol. The minimum atomic E-state index is 0.333. The van der Waals surface area contributed by atoms with Gasteiger partial charge in [0.25, 0.3) is 0 Å². The minimum absolute atomic E-state index is 0.333. The fourth-order valence-corrected chi connectivity index (χ4v) is 2.00. The Bertz CT molecular complexity index is 298. The Labute approximate surface area is 96.4 Å². The first-order valence-corrected chi connectivity index (χ1v) is 5.81. The van der Waals surface area contributed by atoms with Gasteiger partial charge in [0.15, 0.2) is 0 Å². The number of morpholine rings is 1. The summed E-state index contributed by atoms with van der Waals surface area (Å²) >= 11 is 0. The highest BCUT2D eigenvalue weighted by molar-refractivity contribution is 5.10. The molecule has 0 amide bonds. The SMILES string of the molecule is NCC(CN1CCOCC1)c1ccccn1. The lowest BCUT2D eigenvalue weighted by molar-refractivity contribution is 0.0352. The molecule has 0 aliphatic carbocycles. The van der Waals surface area contributed by atoms with Gasteiger partial charge >= 0.3 is 0 Å². The number of pyridine rings is 1. The Hall–Kier alpha value is -0.970. The second kappa shape index (κ2) is 5.94. The maximum atomic E-state index is 5.82. The van der Waals surface area contributed by atoms with Crippen molar-refractivity contribution >= 4 is 0 Å². The van der Waals surface area contributed by atoms with Crippen LogP contribution in [-0.4, -0.2) is 49.3 Å². The van der Waals surface area contributed by atoms with Crippen LogP contribution < -0.4 is 5.73 Å². The summed E-state index contributed by atoms with van der Waals surface area (Å²) in [6.45, 7) is 5.30. The number of rotatable bonds is 4. The summed E-state index contributed by atoms with van der Waals surface area (Å²) in [4.78, 5) is 6.78. The van der Waals surface area contributed by atoms with Crippen LogP contribution in [-0.2, 0) is 4.74 Å². The molecule has 1 fully saturated rings. The predicted octanol–water partition coefficient (Wildman–Crippen LogP) is 0.456. The van der Waals surface area contributed by atoms with Crippen LogP contribution in [0.15, 0.2) is 24.4 Å². The summed E-state index contributed by atoms with van der Waals surface area (Å²) in [6.07, 6.45) is 1.83. The molecule has 1 aromatic heterocycles. The zero-order valence-corrected chi connectivity index (χ0v) is 9.51. The van der Waals surface area contributed by atoms with Gasteiger partial charge in [0.2, 0.25) is 0 Å². The van der Waals surface area contributed by atoms with Gasteiger partial charge in [-0.15, -0.1) is 0 Å². The zero-order valence-electron chi connectivity index (χ0n) is 9.51. The van der Waals surface area contributed by atoms with Crippen LogP contribution >= 0.6 is 0 Å². The summed E-state index contributed by atoms with van der Waals surface area (Å²) in [5.74, 6) is 0.333. The Morgan fingerprint density at radius 1 is 1.38 bits per heavy atom. The standard InChI is InChI=1S/C12H19N3O/c13-9-11(12-3-1-2-4-14-12)10-15-5-7-16-8-6-15/h1-4,11H,5-10,13H2. The van der Waals surface area contributed by atoms with Gasteiger partial charge in [-0.1, -0.05) is 6.07 Å². The maximum absolute atomic E-state index is 5.82. The van der Waals surface area contributed by atoms with E-state index in [0.29, 0.717) is 12.5 Å². The molecule has 1 unspecified atom stereocenters. The molecule has 0 aromatic carbocycles. The summed E-state index contributed by atoms with van der Waals surface area (Å²) < 4.78 is 5.33. The number of nitrogens with zero attached hydrogens (tertiary/aromatic N) is 2. The van der Waals surface area contributed by atoms with E-state index in [1.807, 2.05) is 18.3 Å². The topological polar surface area (TPSA) is 51.4 Å². The molecule has 0 saturated carbocycles. The first-order chi connectivity index (χ1) is 7.90. The molecular weight excluding hydrogens is 202 g/mol. The third-order valence-corrected chi connectivity index (χ3v) is 2.97. The average Bonchev–Trinajstić information content (AvgIpc) is 2.38. The van der Waals surface area contributed by atoms with E-state index < -0.39 is 0 Å². The molecule has 1 aromatic rings. The molecule has 1 aliphatic rings. The van der Waals surface area contributed by atoms with Gasteiger partial charge < -0.3 is 10.5 Å². The van der Waals surface area contributed by atoms with Crippen molar-refractivity contribution in [2.45, 2.75) is 5.92 Å². The molecule has 1 saturated heterocycles. The molecule has 0 radical (unpaired) electrons. The number of hydrogen-bond acceptors (Lipinski definition) is 4. The lowest BCUT2D eigenvalue weighted by Crippen LogP contribution is -2.40. The third-order valence-electron chi connectivity index (χ3n) is 2.97. The van der Waals surface area contributed by atoms with Gasteiger partial charge in [-0.3, -0.25) is 9.88 Å². The van der Waals surface area contributed by atoms with Crippen LogP contribution in [0.25, 0.3) is 0 Å². The maximum Gasteiger partial charge on any atom is 0.0594 e. The van der Waals surface area contributed by atoms with Crippen LogP contribution in [0.5, 0.6) is 0 Å². The summed E-state index contributed by atoms with van der Waals surface area (Å²) in [6, 6.07) is 6.01. The van der Waals surface area contributed by atoms with Gasteiger partial charge in [-0.05, 0) is 12.1 Å². The van der Waals surface area contributed by atoms with Crippen LogP contribution in [0, 0.1) is 0 Å². The van der Waals surface area contributed by atoms with Gasteiger partial charge in [0.05, 0.1) is 13.2 Å². The Balaban J connectivity index is 1.94. The Morgan fingerprint density at radius 2 is 2.19 bits per heavy atom. The molecule has 0 bridgehead atoms. The van der Waals surface area contributed by atoms with E-state index in [-0.39, 0.29) is 0 Å². The number of hydrogen-bond donors (Lipinski definition) is 1. The molecule has 0 spiro atoms. The molecule has 4 heteroatoms. The van der Waals surface area contributed by atoms with Crippen molar-refractivity contribution < 1.29 is 4.74 Å². The highest BCUT2D eigenvalue weighted by atomic mass is 16.5. The van der Waals surface area contributed by atoms with E-state index in [1.54, 1.807) is 0 Å². The van der Waals surface area contributed by atoms with E-state index in [2.05, 4.69) is 16.0 Å². The lowest BCUT2D eigenvalue weighted by Gasteiger charge is -2.29. The summed E-state index contributed by atoms with van der Waals surface area (Å²) in [5, 5.41) is 0. The molecule has 16 heavy (non-hydrogen) atoms. The third kappa shape index (κ3) is 3.01. The molecule has 4 nitrogen and oxygen atoms in total. The molecule has 1 aliphatic heterocycles. The first-order valence-electron chi connectivity index (χ1n) is 5.81. The average molecular weight is 221 g/mol. The molecule has 88 valence electrons. The minimum Gasteiger partial charge on any atom is -0.379 e. The van der Waals surface area contributed by atoms with E-state index in [9.17, 15) is 0 Å². The smallest absolute Gasteiger partial charge is 0.0594 e. The second-order valence-corrected chi connectivity index (χ2v) is 4.10. The van der Waals surface area contributed by atoms with Gasteiger partial charge in [-0.2, -0.15) is 0 Å². The van der Waals surface area contributed by atoms with Crippen molar-refractivity contribution in [1.82, 2.24) is 9.88 Å². The molecule has 2 heterocycles. The van der Waals surface area contributed by atoms with Crippen molar-refractivity contribution in [1.29, 1.82) is 0 Å². The Kier molecular flexibility index (Phi) is 4.27. The fraction of sp³-hybridized carbons (Fsp3) is 0.583. The number of nitrogens with two attached hydrogens (primary N) is 1. The van der Waals surface area contributed by atoms with Crippen molar-refractivity contribution in [3.05, 3.63) is 30.1 Å². The van der Waals surface area contributed by atoms with Crippen molar-refractivity contribution in [3.63, 3.8) is 0 Å². The van der Waals surface area contributed by atoms with Gasteiger partial charge in [-0.25, -0.2) is 0 Å². The van der Waals surface area contributed by atoms with Crippen LogP contribution in [0.4, 0.5) is 0 Å². The summed E-state index contributed by atoms with van der Waals surface area (Å²) in [7, 11) is 0. The van der Waals surface area contributed by atoms with Crippen molar-refractivity contribution in [2.75, 3.05) is 39.4 Å². The van der Waals surface area contributed by atoms with E-state index >= 15 is 0 Å². The van der Waals surface area contributed by atoms with Crippen LogP contribution in [0.1, 0.15) is 11.6 Å². The fourth-order valence-electron chi connectivity index (χ4n) is 2.00. The van der Waals surface area contributed by atoms with Gasteiger partial charge in [0, 0.05) is 44.0 Å². The molecule has 2 N–H and O–H groups in total. The van der Waals surface area contributed by atoms with E-state index in [4.69, 9.17) is 10.5 Å². The first kappa shape index (κ1) is 11.5. The normalized spacial score (nSPS) is 19.6. The molecule has 1 atom stereocenters. The van der Waals surface area contributed by atoms with Crippen LogP contribution in [0.2, 0.25) is 0 Å². The largest absolute Gasteiger partial charge is 0.379 e. The quantitative estimate of drug-likeness (QED) is 0.802. The monoisotopic (exact) mass is 221 g/mol. The highest BCUT2D eigenvalue weighted by Crippen LogP contribution is 2.13. The zero-order chi connectivity index (χ0) is 11.2. The Morgan fingerprint density at radius 3 is 2.81 bits per heavy atom. The van der Waals surface area contributed by atoms with E-state index in [1.165, 1.54) is 0 Å². The summed E-state index contributed by atoms with van der Waals surface area (Å²) in [5.41, 5.74) is 6.92. The molecular formula is C12H19N3O. The lowest BCUT2D eigenvalue weighted by atomic mass is 10.0. The number of ether oxygens (including phenoxy) is 1. The van der Waals surface area contributed by atoms with Crippen LogP contribution in [0.3, 0.4) is 0 Å². The van der Waals surface area contributed by atoms with Gasteiger partial charge in [0.1, 0.15) is 0 Å². The number of aromatic nitrogens is 1. The highest BCUT2D eigenvalue weighted by Gasteiger charge is 2.17.